The Balaban J connectivity index is 1.65. The van der Waals surface area contributed by atoms with Gasteiger partial charge in [-0.2, -0.15) is 0 Å². The second kappa shape index (κ2) is 5.87. The van der Waals surface area contributed by atoms with Crippen LogP contribution in [0, 0.1) is 5.92 Å². The molecule has 0 aromatic heterocycles. The lowest BCUT2D eigenvalue weighted by atomic mass is 9.85. The lowest BCUT2D eigenvalue weighted by Crippen LogP contribution is -2.32. The van der Waals surface area contributed by atoms with Crippen LogP contribution in [-0.2, 0) is 13.1 Å². The summed E-state index contributed by atoms with van der Waals surface area (Å²) in [6.07, 6.45) is 4.14. The van der Waals surface area contributed by atoms with Crippen LogP contribution in [-0.4, -0.2) is 37.0 Å². The van der Waals surface area contributed by atoms with E-state index in [1.165, 1.54) is 37.9 Å². The van der Waals surface area contributed by atoms with Crippen LogP contribution >= 0.6 is 0 Å². The van der Waals surface area contributed by atoms with Crippen LogP contribution in [0.2, 0.25) is 0 Å². The van der Waals surface area contributed by atoms with E-state index in [2.05, 4.69) is 49.0 Å². The summed E-state index contributed by atoms with van der Waals surface area (Å²) in [4.78, 5) is 4.90. The summed E-state index contributed by atoms with van der Waals surface area (Å²) in [7, 11) is 4.48. The van der Waals surface area contributed by atoms with Gasteiger partial charge in [-0.25, -0.2) is 0 Å². The van der Waals surface area contributed by atoms with Crippen LogP contribution in [0.3, 0.4) is 0 Å². The van der Waals surface area contributed by atoms with Crippen molar-refractivity contribution in [3.63, 3.8) is 0 Å². The molecule has 1 saturated heterocycles. The lowest BCUT2D eigenvalue weighted by molar-refractivity contribution is 0.196. The Morgan fingerprint density at radius 1 is 1.15 bits per heavy atom. The maximum atomic E-state index is 2.50. The Hall–Kier alpha value is -0.860. The van der Waals surface area contributed by atoms with Gasteiger partial charge in [0.1, 0.15) is 0 Å². The van der Waals surface area contributed by atoms with Crippen LogP contribution in [0.4, 0.5) is 0 Å². The molecule has 110 valence electrons. The fourth-order valence-corrected chi connectivity index (χ4v) is 3.99. The second-order valence-corrected chi connectivity index (χ2v) is 7.11. The average molecular weight is 272 g/mol. The van der Waals surface area contributed by atoms with Gasteiger partial charge in [0.2, 0.25) is 0 Å². The minimum Gasteiger partial charge on any atom is -0.306 e. The number of fused-ring (bicyclic) bond motifs is 1. The fourth-order valence-electron chi connectivity index (χ4n) is 3.99. The molecule has 2 nitrogen and oxygen atoms in total. The zero-order valence-corrected chi connectivity index (χ0v) is 13.2. The minimum absolute atomic E-state index is 0.697. The number of likely N-dealkylation sites (tertiary alicyclic amines) is 1. The maximum Gasteiger partial charge on any atom is 0.0237 e. The molecule has 0 spiro atoms. The van der Waals surface area contributed by atoms with E-state index in [1.54, 1.807) is 11.1 Å². The van der Waals surface area contributed by atoms with Crippen LogP contribution in [0.25, 0.3) is 0 Å². The molecule has 0 bridgehead atoms. The zero-order valence-electron chi connectivity index (χ0n) is 13.2. The molecular weight excluding hydrogens is 244 g/mol. The van der Waals surface area contributed by atoms with Crippen LogP contribution in [0.5, 0.6) is 0 Å². The minimum atomic E-state index is 0.697. The second-order valence-electron chi connectivity index (χ2n) is 7.11. The van der Waals surface area contributed by atoms with Crippen molar-refractivity contribution in [3.05, 3.63) is 34.9 Å². The van der Waals surface area contributed by atoms with Crippen LogP contribution in [0.15, 0.2) is 18.2 Å². The van der Waals surface area contributed by atoms with Crippen molar-refractivity contribution in [1.82, 2.24) is 9.80 Å². The molecular formula is C18H28N2. The van der Waals surface area contributed by atoms with Gasteiger partial charge in [-0.15, -0.1) is 0 Å². The topological polar surface area (TPSA) is 6.48 Å². The summed E-state index contributed by atoms with van der Waals surface area (Å²) < 4.78 is 0. The van der Waals surface area contributed by atoms with E-state index >= 15 is 0 Å². The van der Waals surface area contributed by atoms with E-state index in [-0.39, 0.29) is 0 Å². The lowest BCUT2D eigenvalue weighted by Gasteiger charge is -2.31. The van der Waals surface area contributed by atoms with Gasteiger partial charge in [0.25, 0.3) is 0 Å². The molecule has 1 aromatic rings. The summed E-state index contributed by atoms with van der Waals surface area (Å²) in [6.45, 7) is 7.24. The van der Waals surface area contributed by atoms with Gasteiger partial charge in [0, 0.05) is 19.6 Å². The van der Waals surface area contributed by atoms with Crippen molar-refractivity contribution in [3.8, 4) is 0 Å². The van der Waals surface area contributed by atoms with Gasteiger partial charge in [-0.3, -0.25) is 4.90 Å². The van der Waals surface area contributed by atoms with Crippen molar-refractivity contribution in [1.29, 1.82) is 0 Å². The molecule has 0 amide bonds. The first kappa shape index (κ1) is 14.1. The van der Waals surface area contributed by atoms with E-state index in [4.69, 9.17) is 0 Å². The number of benzene rings is 1. The first-order chi connectivity index (χ1) is 9.61. The summed E-state index contributed by atoms with van der Waals surface area (Å²) in [5.74, 6) is 1.59. The number of nitrogens with zero attached hydrogens (tertiary/aromatic N) is 2. The van der Waals surface area contributed by atoms with E-state index in [1.807, 2.05) is 0 Å². The van der Waals surface area contributed by atoms with E-state index in [0.29, 0.717) is 5.92 Å². The average Bonchev–Trinajstić information content (AvgIpc) is 2.77. The highest BCUT2D eigenvalue weighted by molar-refractivity contribution is 5.36. The standard InChI is InChI=1S/C18H28N2/c1-14(9-15-5-4-8-19(2)11-15)16-6-7-17-12-20(3)13-18(17)10-16/h6-7,10,14-15H,4-5,8-9,11-13H2,1-3H3. The monoisotopic (exact) mass is 272 g/mol. The molecule has 2 atom stereocenters. The van der Waals surface area contributed by atoms with Gasteiger partial charge >= 0.3 is 0 Å². The molecule has 20 heavy (non-hydrogen) atoms. The fraction of sp³-hybridized carbons (Fsp3) is 0.667. The summed E-state index contributed by atoms with van der Waals surface area (Å²) in [5, 5.41) is 0. The largest absolute Gasteiger partial charge is 0.306 e. The number of piperidine rings is 1. The molecule has 2 unspecified atom stereocenters. The Morgan fingerprint density at radius 3 is 2.75 bits per heavy atom. The molecule has 3 rings (SSSR count). The molecule has 1 fully saturated rings. The van der Waals surface area contributed by atoms with Crippen molar-refractivity contribution >= 4 is 0 Å². The van der Waals surface area contributed by atoms with E-state index < -0.39 is 0 Å². The highest BCUT2D eigenvalue weighted by Crippen LogP contribution is 2.31. The highest BCUT2D eigenvalue weighted by atomic mass is 15.1. The van der Waals surface area contributed by atoms with Crippen LogP contribution < -0.4 is 0 Å². The Morgan fingerprint density at radius 2 is 1.95 bits per heavy atom. The molecule has 1 aromatic carbocycles. The van der Waals surface area contributed by atoms with Crippen molar-refractivity contribution in [2.75, 3.05) is 27.2 Å². The van der Waals surface area contributed by atoms with Gasteiger partial charge in [0.05, 0.1) is 0 Å². The molecule has 2 aliphatic heterocycles. The van der Waals surface area contributed by atoms with Crippen molar-refractivity contribution in [2.24, 2.45) is 5.92 Å². The maximum absolute atomic E-state index is 2.50. The first-order valence-electron chi connectivity index (χ1n) is 8.10. The highest BCUT2D eigenvalue weighted by Gasteiger charge is 2.21. The quantitative estimate of drug-likeness (QED) is 0.831. The normalized spacial score (nSPS) is 25.6. The van der Waals surface area contributed by atoms with Crippen molar-refractivity contribution in [2.45, 2.75) is 45.2 Å². The summed E-state index contributed by atoms with van der Waals surface area (Å²) >= 11 is 0. The molecule has 0 N–H and O–H groups in total. The molecule has 2 heterocycles. The van der Waals surface area contributed by atoms with E-state index in [0.717, 1.165) is 19.0 Å². The Labute approximate surface area is 123 Å². The predicted molar refractivity (Wildman–Crippen MR) is 84.9 cm³/mol. The van der Waals surface area contributed by atoms with Gasteiger partial charge in [0.15, 0.2) is 0 Å². The van der Waals surface area contributed by atoms with E-state index in [9.17, 15) is 0 Å². The van der Waals surface area contributed by atoms with Crippen LogP contribution in [0.1, 0.15) is 48.8 Å². The predicted octanol–water partition coefficient (Wildman–Crippen LogP) is 3.47. The molecule has 0 radical (unpaired) electrons. The number of hydrogen-bond donors (Lipinski definition) is 0. The molecule has 0 aliphatic carbocycles. The Bertz CT molecular complexity index is 468. The number of hydrogen-bond acceptors (Lipinski definition) is 2. The van der Waals surface area contributed by atoms with Gasteiger partial charge < -0.3 is 4.90 Å². The first-order valence-corrected chi connectivity index (χ1v) is 8.10. The van der Waals surface area contributed by atoms with Gasteiger partial charge in [-0.05, 0) is 68.4 Å². The third kappa shape index (κ3) is 3.07. The summed E-state index contributed by atoms with van der Waals surface area (Å²) in [5.41, 5.74) is 4.63. The zero-order chi connectivity index (χ0) is 14.1. The smallest absolute Gasteiger partial charge is 0.0237 e. The Kier molecular flexibility index (Phi) is 4.13. The molecule has 0 saturated carbocycles. The third-order valence-corrected chi connectivity index (χ3v) is 5.09. The number of rotatable bonds is 3. The van der Waals surface area contributed by atoms with Crippen molar-refractivity contribution < 1.29 is 0 Å². The summed E-state index contributed by atoms with van der Waals surface area (Å²) in [6, 6.07) is 7.20. The SMILES string of the molecule is CC(CC1CCCN(C)C1)c1ccc2c(c1)CN(C)C2. The molecule has 2 heteroatoms. The van der Waals surface area contributed by atoms with Gasteiger partial charge in [-0.1, -0.05) is 25.1 Å². The molecule has 2 aliphatic rings. The third-order valence-electron chi connectivity index (χ3n) is 5.09.